The van der Waals surface area contributed by atoms with Crippen LogP contribution in [0.5, 0.6) is 0 Å². The first-order valence-corrected chi connectivity index (χ1v) is 10.6. The molecule has 31 heavy (non-hydrogen) atoms. The molecule has 0 atom stereocenters. The van der Waals surface area contributed by atoms with E-state index in [4.69, 9.17) is 0 Å². The number of nitrogens with zero attached hydrogens (tertiary/aromatic N) is 5. The normalized spacial score (nSPS) is 11.4. The fourth-order valence-corrected chi connectivity index (χ4v) is 4.12. The van der Waals surface area contributed by atoms with Crippen LogP contribution >= 0.6 is 0 Å². The maximum atomic E-state index is 14.4. The van der Waals surface area contributed by atoms with E-state index in [1.807, 2.05) is 41.6 Å². The maximum absolute atomic E-state index is 14.4. The monoisotopic (exact) mass is 417 g/mol. The fourth-order valence-electron chi connectivity index (χ4n) is 4.12. The molecular weight excluding hydrogens is 389 g/mol. The van der Waals surface area contributed by atoms with Crippen molar-refractivity contribution in [2.45, 2.75) is 39.9 Å². The molecule has 0 N–H and O–H groups in total. The van der Waals surface area contributed by atoms with Gasteiger partial charge in [0.25, 0.3) is 0 Å². The molecule has 0 saturated heterocycles. The van der Waals surface area contributed by atoms with Gasteiger partial charge in [-0.15, -0.1) is 0 Å². The van der Waals surface area contributed by atoms with Crippen LogP contribution < -0.4 is 0 Å². The standard InChI is InChI=1S/C25H28FN5/c1-20-15-21(2)25(31-13-5-9-28-31)23(16-20)18-30(12-6-11-29-14-10-27-19-29)17-22-7-3-4-8-24(22)26/h3-5,7-10,13-16,19H,6,11-12,17-18H2,1-2H3. The Labute approximate surface area is 182 Å². The molecule has 0 aliphatic rings. The van der Waals surface area contributed by atoms with Gasteiger partial charge in [0.15, 0.2) is 0 Å². The molecular formula is C25H28FN5. The fraction of sp³-hybridized carbons (Fsp3) is 0.280. The zero-order valence-corrected chi connectivity index (χ0v) is 18.1. The smallest absolute Gasteiger partial charge is 0.127 e. The van der Waals surface area contributed by atoms with Crippen molar-refractivity contribution >= 4 is 0 Å². The highest BCUT2D eigenvalue weighted by Crippen LogP contribution is 2.24. The maximum Gasteiger partial charge on any atom is 0.127 e. The summed E-state index contributed by atoms with van der Waals surface area (Å²) in [7, 11) is 0. The first-order valence-electron chi connectivity index (χ1n) is 10.6. The molecule has 2 aromatic heterocycles. The van der Waals surface area contributed by atoms with Crippen molar-refractivity contribution in [3.8, 4) is 5.69 Å². The highest BCUT2D eigenvalue weighted by atomic mass is 19.1. The van der Waals surface area contributed by atoms with Gasteiger partial charge in [0.2, 0.25) is 0 Å². The van der Waals surface area contributed by atoms with Crippen molar-refractivity contribution < 1.29 is 4.39 Å². The number of hydrogen-bond donors (Lipinski definition) is 0. The molecule has 2 aromatic carbocycles. The van der Waals surface area contributed by atoms with Gasteiger partial charge in [0.1, 0.15) is 5.82 Å². The van der Waals surface area contributed by atoms with Gasteiger partial charge < -0.3 is 4.57 Å². The van der Waals surface area contributed by atoms with Crippen LogP contribution in [0.3, 0.4) is 0 Å². The van der Waals surface area contributed by atoms with Gasteiger partial charge in [0, 0.05) is 56.5 Å². The summed E-state index contributed by atoms with van der Waals surface area (Å²) in [6.45, 7) is 7.24. The van der Waals surface area contributed by atoms with Gasteiger partial charge in [-0.3, -0.25) is 4.90 Å². The third kappa shape index (κ3) is 5.27. The number of benzene rings is 2. The summed E-state index contributed by atoms with van der Waals surface area (Å²) in [5.41, 5.74) is 5.41. The van der Waals surface area contributed by atoms with Crippen LogP contribution in [0.15, 0.2) is 73.6 Å². The Balaban J connectivity index is 1.60. The van der Waals surface area contributed by atoms with E-state index in [1.54, 1.807) is 18.5 Å². The second kappa shape index (κ2) is 9.71. The first kappa shape index (κ1) is 21.0. The molecule has 0 radical (unpaired) electrons. The van der Waals surface area contributed by atoms with Crippen LogP contribution in [0.25, 0.3) is 5.69 Å². The molecule has 0 fully saturated rings. The molecule has 0 amide bonds. The van der Waals surface area contributed by atoms with E-state index in [0.717, 1.165) is 37.3 Å². The van der Waals surface area contributed by atoms with Gasteiger partial charge in [-0.1, -0.05) is 35.9 Å². The quantitative estimate of drug-likeness (QED) is 0.388. The minimum atomic E-state index is -0.158. The predicted molar refractivity (Wildman–Crippen MR) is 120 cm³/mol. The lowest BCUT2D eigenvalue weighted by atomic mass is 10.0. The largest absolute Gasteiger partial charge is 0.337 e. The third-order valence-electron chi connectivity index (χ3n) is 5.45. The number of aromatic nitrogens is 4. The van der Waals surface area contributed by atoms with E-state index in [9.17, 15) is 4.39 Å². The molecule has 160 valence electrons. The molecule has 5 nitrogen and oxygen atoms in total. The van der Waals surface area contributed by atoms with Crippen molar-refractivity contribution in [1.82, 2.24) is 24.2 Å². The third-order valence-corrected chi connectivity index (χ3v) is 5.45. The van der Waals surface area contributed by atoms with Crippen LogP contribution in [-0.2, 0) is 19.6 Å². The summed E-state index contributed by atoms with van der Waals surface area (Å²) >= 11 is 0. The average molecular weight is 418 g/mol. The zero-order valence-electron chi connectivity index (χ0n) is 18.1. The summed E-state index contributed by atoms with van der Waals surface area (Å²) in [5.74, 6) is -0.158. The Kier molecular flexibility index (Phi) is 6.57. The van der Waals surface area contributed by atoms with Crippen LogP contribution in [0.1, 0.15) is 28.7 Å². The van der Waals surface area contributed by atoms with Gasteiger partial charge >= 0.3 is 0 Å². The van der Waals surface area contributed by atoms with Crippen molar-refractivity contribution in [3.05, 3.63) is 102 Å². The second-order valence-electron chi connectivity index (χ2n) is 8.00. The van der Waals surface area contributed by atoms with Crippen LogP contribution in [0.4, 0.5) is 4.39 Å². The Morgan fingerprint density at radius 1 is 0.968 bits per heavy atom. The summed E-state index contributed by atoms with van der Waals surface area (Å²) in [5, 5.41) is 4.47. The summed E-state index contributed by atoms with van der Waals surface area (Å²) in [6.07, 6.45) is 10.3. The summed E-state index contributed by atoms with van der Waals surface area (Å²) in [6, 6.07) is 13.4. The zero-order chi connectivity index (χ0) is 21.6. The van der Waals surface area contributed by atoms with Crippen molar-refractivity contribution in [1.29, 1.82) is 0 Å². The minimum Gasteiger partial charge on any atom is -0.337 e. The SMILES string of the molecule is Cc1cc(C)c(-n2cccn2)c(CN(CCCn2ccnc2)Cc2ccccc2F)c1. The lowest BCUT2D eigenvalue weighted by Crippen LogP contribution is -2.26. The molecule has 2 heterocycles. The average Bonchev–Trinajstić information content (AvgIpc) is 3.43. The molecule has 6 heteroatoms. The van der Waals surface area contributed by atoms with Crippen molar-refractivity contribution in [3.63, 3.8) is 0 Å². The minimum absolute atomic E-state index is 0.158. The predicted octanol–water partition coefficient (Wildman–Crippen LogP) is 4.92. The molecule has 0 bridgehead atoms. The Morgan fingerprint density at radius 2 is 1.81 bits per heavy atom. The number of aryl methyl sites for hydroxylation is 3. The molecule has 4 rings (SSSR count). The van der Waals surface area contributed by atoms with Gasteiger partial charge in [0.05, 0.1) is 12.0 Å². The van der Waals surface area contributed by atoms with Gasteiger partial charge in [-0.2, -0.15) is 5.10 Å². The first-order chi connectivity index (χ1) is 15.1. The summed E-state index contributed by atoms with van der Waals surface area (Å²) < 4.78 is 18.4. The van der Waals surface area contributed by atoms with E-state index < -0.39 is 0 Å². The van der Waals surface area contributed by atoms with Crippen LogP contribution in [-0.4, -0.2) is 30.8 Å². The van der Waals surface area contributed by atoms with Crippen LogP contribution in [0.2, 0.25) is 0 Å². The lowest BCUT2D eigenvalue weighted by molar-refractivity contribution is 0.245. The van der Waals surface area contributed by atoms with E-state index in [0.29, 0.717) is 6.54 Å². The highest BCUT2D eigenvalue weighted by Gasteiger charge is 2.15. The lowest BCUT2D eigenvalue weighted by Gasteiger charge is -2.25. The number of hydrogen-bond acceptors (Lipinski definition) is 3. The Morgan fingerprint density at radius 3 is 2.55 bits per heavy atom. The molecule has 0 unspecified atom stereocenters. The van der Waals surface area contributed by atoms with Crippen LogP contribution in [0, 0.1) is 19.7 Å². The number of imidazole rings is 1. The highest BCUT2D eigenvalue weighted by molar-refractivity contribution is 5.49. The van der Waals surface area contributed by atoms with E-state index in [-0.39, 0.29) is 5.82 Å². The molecule has 0 spiro atoms. The number of halogens is 1. The number of rotatable bonds is 9. The van der Waals surface area contributed by atoms with E-state index >= 15 is 0 Å². The molecule has 0 aliphatic heterocycles. The van der Waals surface area contributed by atoms with Crippen molar-refractivity contribution in [2.75, 3.05) is 6.54 Å². The van der Waals surface area contributed by atoms with Gasteiger partial charge in [-0.05, 0) is 43.5 Å². The Hall–Kier alpha value is -3.25. The molecule has 0 saturated carbocycles. The molecule has 0 aliphatic carbocycles. The van der Waals surface area contributed by atoms with Gasteiger partial charge in [-0.25, -0.2) is 14.1 Å². The topological polar surface area (TPSA) is 38.9 Å². The van der Waals surface area contributed by atoms with E-state index in [1.165, 1.54) is 22.8 Å². The Bertz CT molecular complexity index is 1100. The molecule has 4 aromatic rings. The van der Waals surface area contributed by atoms with Crippen molar-refractivity contribution in [2.24, 2.45) is 0 Å². The van der Waals surface area contributed by atoms with E-state index in [2.05, 4.69) is 45.5 Å². The summed E-state index contributed by atoms with van der Waals surface area (Å²) in [4.78, 5) is 6.43. The second-order valence-corrected chi connectivity index (χ2v) is 8.00.